The van der Waals surface area contributed by atoms with E-state index in [1.54, 1.807) is 0 Å². The molecule has 1 fully saturated rings. The molecule has 1 rings (SSSR count). The highest BCUT2D eigenvalue weighted by Gasteiger charge is 2.29. The van der Waals surface area contributed by atoms with Crippen LogP contribution in [-0.4, -0.2) is 29.6 Å². The van der Waals surface area contributed by atoms with Crippen LogP contribution in [0.25, 0.3) is 0 Å². The summed E-state index contributed by atoms with van der Waals surface area (Å²) in [5.74, 6) is -0.0127. The van der Waals surface area contributed by atoms with Crippen molar-refractivity contribution < 1.29 is 19.4 Å². The van der Waals surface area contributed by atoms with Crippen molar-refractivity contribution in [1.29, 1.82) is 0 Å². The molecule has 1 unspecified atom stereocenters. The average molecular weight is 409 g/mol. The normalized spacial score (nSPS) is 21.4. The number of esters is 1. The molecule has 1 saturated carbocycles. The van der Waals surface area contributed by atoms with Gasteiger partial charge in [-0.25, -0.2) is 4.79 Å². The van der Waals surface area contributed by atoms with Crippen LogP contribution in [0.4, 0.5) is 0 Å². The fraction of sp³-hybridized carbons (Fsp3) is 0.840. The maximum absolute atomic E-state index is 11.8. The Hall–Kier alpha value is -1.16. The van der Waals surface area contributed by atoms with Crippen LogP contribution < -0.4 is 0 Å². The molecule has 0 amide bonds. The maximum atomic E-state index is 11.8. The van der Waals surface area contributed by atoms with Crippen LogP contribution >= 0.6 is 0 Å². The molecule has 0 heterocycles. The van der Waals surface area contributed by atoms with Gasteiger partial charge in [0.2, 0.25) is 5.78 Å². The summed E-state index contributed by atoms with van der Waals surface area (Å²) >= 11 is 0. The largest absolute Gasteiger partial charge is 0.460 e. The number of carbonyl (C=O) groups is 2. The van der Waals surface area contributed by atoms with E-state index in [1.807, 2.05) is 6.92 Å². The zero-order valence-electron chi connectivity index (χ0n) is 19.1. The van der Waals surface area contributed by atoms with Crippen molar-refractivity contribution in [1.82, 2.24) is 0 Å². The summed E-state index contributed by atoms with van der Waals surface area (Å²) in [6.07, 6.45) is 16.0. The fourth-order valence-corrected chi connectivity index (χ4v) is 4.15. The summed E-state index contributed by atoms with van der Waals surface area (Å²) in [5.41, 5.74) is 1.44. The van der Waals surface area contributed by atoms with Crippen LogP contribution in [-0.2, 0) is 14.3 Å². The molecule has 4 heteroatoms. The van der Waals surface area contributed by atoms with E-state index in [4.69, 9.17) is 4.74 Å². The van der Waals surface area contributed by atoms with Gasteiger partial charge in [-0.05, 0) is 50.9 Å². The van der Waals surface area contributed by atoms with Gasteiger partial charge >= 0.3 is 5.97 Å². The number of aliphatic hydroxyl groups excluding tert-OH is 1. The first-order valence-electron chi connectivity index (χ1n) is 12.1. The number of aliphatic hydroxyl groups is 1. The minimum absolute atomic E-state index is 0.214. The zero-order chi connectivity index (χ0) is 21.5. The summed E-state index contributed by atoms with van der Waals surface area (Å²) < 4.78 is 4.96. The first kappa shape index (κ1) is 25.9. The lowest BCUT2D eigenvalue weighted by Gasteiger charge is -2.17. The third-order valence-corrected chi connectivity index (χ3v) is 6.16. The maximum Gasteiger partial charge on any atom is 0.374 e. The smallest absolute Gasteiger partial charge is 0.374 e. The highest BCUT2D eigenvalue weighted by atomic mass is 16.5. The van der Waals surface area contributed by atoms with E-state index in [1.165, 1.54) is 31.3 Å². The molecular weight excluding hydrogens is 364 g/mol. The van der Waals surface area contributed by atoms with Crippen molar-refractivity contribution in [2.45, 2.75) is 117 Å². The van der Waals surface area contributed by atoms with E-state index in [9.17, 15) is 14.7 Å². The molecule has 0 bridgehead atoms. The van der Waals surface area contributed by atoms with E-state index in [0.29, 0.717) is 6.61 Å². The average Bonchev–Trinajstić information content (AvgIpc) is 3.05. The third-order valence-electron chi connectivity index (χ3n) is 6.16. The Morgan fingerprint density at radius 2 is 1.86 bits per heavy atom. The van der Waals surface area contributed by atoms with Gasteiger partial charge in [0.05, 0.1) is 12.7 Å². The second kappa shape index (κ2) is 15.6. The molecule has 0 aliphatic heterocycles. The molecule has 0 aromatic rings. The second-order valence-corrected chi connectivity index (χ2v) is 8.83. The van der Waals surface area contributed by atoms with Crippen LogP contribution in [0.1, 0.15) is 111 Å². The molecular formula is C25H44O4. The van der Waals surface area contributed by atoms with Crippen LogP contribution in [0.5, 0.6) is 0 Å². The Balaban J connectivity index is 2.24. The molecule has 0 radical (unpaired) electrons. The summed E-state index contributed by atoms with van der Waals surface area (Å²) in [4.78, 5) is 23.3. The number of Topliss-reactive ketones (excluding diaryl/α,β-unsaturated/α-hetero) is 1. The van der Waals surface area contributed by atoms with Crippen LogP contribution in [0.3, 0.4) is 0 Å². The number of ketones is 1. The van der Waals surface area contributed by atoms with E-state index in [-0.39, 0.29) is 18.4 Å². The molecule has 0 spiro atoms. The summed E-state index contributed by atoms with van der Waals surface area (Å²) in [5, 5.41) is 10.3. The first-order chi connectivity index (χ1) is 14.0. The van der Waals surface area contributed by atoms with Gasteiger partial charge in [0.1, 0.15) is 0 Å². The molecule has 1 aliphatic carbocycles. The minimum atomic E-state index is -0.678. The van der Waals surface area contributed by atoms with Gasteiger partial charge in [-0.2, -0.15) is 0 Å². The zero-order valence-corrected chi connectivity index (χ0v) is 19.1. The van der Waals surface area contributed by atoms with Crippen LogP contribution in [0.2, 0.25) is 0 Å². The van der Waals surface area contributed by atoms with Crippen LogP contribution in [0, 0.1) is 11.8 Å². The van der Waals surface area contributed by atoms with Crippen molar-refractivity contribution in [3.05, 3.63) is 11.6 Å². The van der Waals surface area contributed by atoms with Gasteiger partial charge in [-0.3, -0.25) is 4.79 Å². The lowest BCUT2D eigenvalue weighted by Crippen LogP contribution is -2.18. The molecule has 0 aromatic heterocycles. The predicted octanol–water partition coefficient (Wildman–Crippen LogP) is 6.15. The van der Waals surface area contributed by atoms with Crippen molar-refractivity contribution >= 4 is 11.8 Å². The van der Waals surface area contributed by atoms with E-state index >= 15 is 0 Å². The van der Waals surface area contributed by atoms with Gasteiger partial charge in [-0.15, -0.1) is 0 Å². The first-order valence-corrected chi connectivity index (χ1v) is 12.1. The van der Waals surface area contributed by atoms with Gasteiger partial charge < -0.3 is 9.84 Å². The lowest BCUT2D eigenvalue weighted by molar-refractivity contribution is -0.154. The Morgan fingerprint density at radius 3 is 2.59 bits per heavy atom. The molecule has 1 aliphatic rings. The van der Waals surface area contributed by atoms with Crippen molar-refractivity contribution in [2.24, 2.45) is 11.8 Å². The Labute approximate surface area is 178 Å². The Bertz CT molecular complexity index is 497. The molecule has 1 N–H and O–H groups in total. The van der Waals surface area contributed by atoms with E-state index < -0.39 is 11.8 Å². The molecule has 0 saturated heterocycles. The predicted molar refractivity (Wildman–Crippen MR) is 119 cm³/mol. The van der Waals surface area contributed by atoms with Gasteiger partial charge in [0.25, 0.3) is 0 Å². The van der Waals surface area contributed by atoms with Crippen molar-refractivity contribution in [2.75, 3.05) is 6.61 Å². The van der Waals surface area contributed by atoms with Crippen molar-refractivity contribution in [3.63, 3.8) is 0 Å². The highest BCUT2D eigenvalue weighted by molar-refractivity contribution is 6.33. The Kier molecular flexibility index (Phi) is 14.0. The second-order valence-electron chi connectivity index (χ2n) is 8.83. The number of hydrogen-bond acceptors (Lipinski definition) is 4. The third kappa shape index (κ3) is 11.0. The number of allylic oxidation sites excluding steroid dienone is 1. The summed E-state index contributed by atoms with van der Waals surface area (Å²) in [6.45, 7) is 6.95. The van der Waals surface area contributed by atoms with Gasteiger partial charge in [0, 0.05) is 12.3 Å². The SMILES string of the molecule is CCCCOC(=O)C(=O)CCCCC[C@@H]1C(=CCCC(C)CCCC)CC[C@@H]1O. The van der Waals surface area contributed by atoms with E-state index in [2.05, 4.69) is 19.9 Å². The quantitative estimate of drug-likeness (QED) is 0.144. The van der Waals surface area contributed by atoms with E-state index in [0.717, 1.165) is 63.7 Å². The molecule has 3 atom stereocenters. The molecule has 0 aromatic carbocycles. The molecule has 4 nitrogen and oxygen atoms in total. The fourth-order valence-electron chi connectivity index (χ4n) is 4.15. The highest BCUT2D eigenvalue weighted by Crippen LogP contribution is 2.36. The number of unbranched alkanes of at least 4 members (excludes halogenated alkanes) is 4. The topological polar surface area (TPSA) is 63.6 Å². The number of ether oxygens (including phenoxy) is 1. The Morgan fingerprint density at radius 1 is 1.10 bits per heavy atom. The summed E-state index contributed by atoms with van der Waals surface area (Å²) in [7, 11) is 0. The minimum Gasteiger partial charge on any atom is -0.460 e. The molecule has 29 heavy (non-hydrogen) atoms. The molecule has 168 valence electrons. The number of rotatable bonds is 16. The standard InChI is InChI=1S/C25H44O4/c1-4-6-12-20(3)13-11-14-21-17-18-23(26)22(21)15-9-8-10-16-24(27)25(28)29-19-7-5-2/h14,20,22-23,26H,4-13,15-19H2,1-3H3/t20?,22-,23+/m1/s1. The van der Waals surface area contributed by atoms with Gasteiger partial charge in [0.15, 0.2) is 0 Å². The van der Waals surface area contributed by atoms with Crippen LogP contribution in [0.15, 0.2) is 11.6 Å². The lowest BCUT2D eigenvalue weighted by atomic mass is 9.92. The van der Waals surface area contributed by atoms with Crippen molar-refractivity contribution in [3.8, 4) is 0 Å². The monoisotopic (exact) mass is 408 g/mol. The number of hydrogen-bond donors (Lipinski definition) is 1. The number of carbonyl (C=O) groups excluding carboxylic acids is 2. The summed E-state index contributed by atoms with van der Waals surface area (Å²) in [6, 6.07) is 0. The van der Waals surface area contributed by atoms with Gasteiger partial charge in [-0.1, -0.05) is 70.9 Å².